The van der Waals surface area contributed by atoms with E-state index in [0.29, 0.717) is 23.7 Å². The second-order valence-corrected chi connectivity index (χ2v) is 7.04. The summed E-state index contributed by atoms with van der Waals surface area (Å²) in [4.78, 5) is 3.89. The second-order valence-electron chi connectivity index (χ2n) is 5.99. The van der Waals surface area contributed by atoms with Gasteiger partial charge in [-0.15, -0.1) is 0 Å². The van der Waals surface area contributed by atoms with Gasteiger partial charge in [-0.3, -0.25) is 0 Å². The maximum absolute atomic E-state index is 11.2. The van der Waals surface area contributed by atoms with E-state index in [9.17, 15) is 8.42 Å². The third kappa shape index (κ3) is 3.25. The van der Waals surface area contributed by atoms with Crippen molar-refractivity contribution in [2.45, 2.75) is 45.1 Å². The van der Waals surface area contributed by atoms with Crippen molar-refractivity contribution < 1.29 is 8.42 Å². The third-order valence-corrected chi connectivity index (χ3v) is 5.40. The summed E-state index contributed by atoms with van der Waals surface area (Å²) in [6.07, 6.45) is 6.68. The van der Waals surface area contributed by atoms with E-state index in [1.807, 2.05) is 13.0 Å². The lowest BCUT2D eigenvalue weighted by atomic mass is 10.0. The lowest BCUT2D eigenvalue weighted by molar-refractivity contribution is 0.605. The van der Waals surface area contributed by atoms with E-state index in [0.717, 1.165) is 24.0 Å². The molecule has 1 aliphatic rings. The van der Waals surface area contributed by atoms with E-state index < -0.39 is 10.3 Å². The van der Waals surface area contributed by atoms with Crippen LogP contribution < -0.4 is 5.32 Å². The van der Waals surface area contributed by atoms with Crippen LogP contribution in [0, 0.1) is 0 Å². The molecule has 1 saturated heterocycles. The maximum atomic E-state index is 11.2. The SMILES string of the molecule is CCC(Cc1ccc2[nH]cc(C[C@H]3CCCN3)c2c1)=S(=O)=O. The van der Waals surface area contributed by atoms with Crippen molar-refractivity contribution in [1.29, 1.82) is 0 Å². The van der Waals surface area contributed by atoms with E-state index in [1.54, 1.807) is 0 Å². The molecule has 2 N–H and O–H groups in total. The standard InChI is InChI=1S/C17H22N2O2S/c1-2-15(22(20)21)8-12-5-6-17-16(9-12)13(11-19-17)10-14-4-3-7-18-14/h5-6,9,11,14,18-19H,2-4,7-8,10H2,1H3/t14-/m1/s1. The number of nitrogens with one attached hydrogen (secondary N) is 2. The highest BCUT2D eigenvalue weighted by atomic mass is 32.2. The predicted octanol–water partition coefficient (Wildman–Crippen LogP) is 2.47. The van der Waals surface area contributed by atoms with E-state index in [-0.39, 0.29) is 0 Å². The molecule has 2 heterocycles. The molecule has 5 heteroatoms. The number of benzene rings is 1. The summed E-state index contributed by atoms with van der Waals surface area (Å²) in [5.74, 6) is 0. The van der Waals surface area contributed by atoms with Gasteiger partial charge in [-0.2, -0.15) is 8.42 Å². The Kier molecular flexibility index (Phi) is 4.64. The van der Waals surface area contributed by atoms with Crippen LogP contribution >= 0.6 is 0 Å². The van der Waals surface area contributed by atoms with Crippen LogP contribution in [0.2, 0.25) is 0 Å². The molecule has 0 saturated carbocycles. The Labute approximate surface area is 132 Å². The second kappa shape index (κ2) is 6.67. The van der Waals surface area contributed by atoms with Gasteiger partial charge in [0.2, 0.25) is 10.3 Å². The van der Waals surface area contributed by atoms with Gasteiger partial charge in [0.15, 0.2) is 0 Å². The van der Waals surface area contributed by atoms with Crippen molar-refractivity contribution in [2.75, 3.05) is 6.54 Å². The van der Waals surface area contributed by atoms with Crippen molar-refractivity contribution in [1.82, 2.24) is 10.3 Å². The van der Waals surface area contributed by atoms with E-state index in [2.05, 4.69) is 28.6 Å². The molecule has 0 unspecified atom stereocenters. The molecule has 0 spiro atoms. The zero-order valence-corrected chi connectivity index (χ0v) is 13.7. The largest absolute Gasteiger partial charge is 0.361 e. The number of H-pyrrole nitrogens is 1. The average molecular weight is 318 g/mol. The zero-order valence-electron chi connectivity index (χ0n) is 12.9. The van der Waals surface area contributed by atoms with Crippen LogP contribution in [-0.2, 0) is 23.1 Å². The molecule has 1 aromatic heterocycles. The minimum atomic E-state index is -2.09. The topological polar surface area (TPSA) is 62.0 Å². The highest BCUT2D eigenvalue weighted by Gasteiger charge is 2.16. The predicted molar refractivity (Wildman–Crippen MR) is 90.9 cm³/mol. The summed E-state index contributed by atoms with van der Waals surface area (Å²) in [5, 5.41) is 4.75. The van der Waals surface area contributed by atoms with Gasteiger partial charge >= 0.3 is 0 Å². The molecule has 22 heavy (non-hydrogen) atoms. The first-order valence-corrected chi connectivity index (χ1v) is 9.01. The van der Waals surface area contributed by atoms with Crippen molar-refractivity contribution in [2.24, 2.45) is 0 Å². The van der Waals surface area contributed by atoms with Gasteiger partial charge in [-0.25, -0.2) is 0 Å². The van der Waals surface area contributed by atoms with Crippen molar-refractivity contribution >= 4 is 26.1 Å². The van der Waals surface area contributed by atoms with Gasteiger partial charge in [0.25, 0.3) is 0 Å². The maximum Gasteiger partial charge on any atom is 0.213 e. The number of rotatable bonds is 5. The fraction of sp³-hybridized carbons (Fsp3) is 0.471. The van der Waals surface area contributed by atoms with Gasteiger partial charge in [-0.05, 0) is 55.5 Å². The Morgan fingerprint density at radius 1 is 1.36 bits per heavy atom. The Bertz CT molecular complexity index is 791. The van der Waals surface area contributed by atoms with Gasteiger partial charge in [0, 0.05) is 29.6 Å². The molecule has 2 aromatic rings. The highest BCUT2D eigenvalue weighted by molar-refractivity contribution is 7.73. The number of fused-ring (bicyclic) bond motifs is 1. The average Bonchev–Trinajstić information content (AvgIpc) is 3.15. The molecule has 0 amide bonds. The molecule has 1 aromatic carbocycles. The molecule has 118 valence electrons. The smallest absolute Gasteiger partial charge is 0.213 e. The van der Waals surface area contributed by atoms with E-state index in [1.165, 1.54) is 23.8 Å². The molecule has 0 aliphatic carbocycles. The zero-order chi connectivity index (χ0) is 15.5. The molecule has 1 aliphatic heterocycles. The highest BCUT2D eigenvalue weighted by Crippen LogP contribution is 2.23. The first kappa shape index (κ1) is 15.3. The Hall–Kier alpha value is -1.59. The first-order valence-electron chi connectivity index (χ1n) is 7.93. The quantitative estimate of drug-likeness (QED) is 0.833. The van der Waals surface area contributed by atoms with Crippen molar-refractivity contribution in [3.63, 3.8) is 0 Å². The third-order valence-electron chi connectivity index (χ3n) is 4.49. The number of aromatic amines is 1. The van der Waals surface area contributed by atoms with Crippen LogP contribution in [-0.4, -0.2) is 30.9 Å². The normalized spacial score (nSPS) is 18.0. The number of hydrogen-bond donors (Lipinski definition) is 2. The van der Waals surface area contributed by atoms with Crippen LogP contribution in [0.5, 0.6) is 0 Å². The Morgan fingerprint density at radius 2 is 2.23 bits per heavy atom. The molecule has 4 nitrogen and oxygen atoms in total. The molecular formula is C17H22N2O2S. The van der Waals surface area contributed by atoms with Gasteiger partial charge in [-0.1, -0.05) is 13.0 Å². The van der Waals surface area contributed by atoms with Crippen LogP contribution in [0.15, 0.2) is 24.4 Å². The summed E-state index contributed by atoms with van der Waals surface area (Å²) in [5.41, 5.74) is 3.50. The van der Waals surface area contributed by atoms with Crippen LogP contribution in [0.25, 0.3) is 10.9 Å². The molecule has 0 bridgehead atoms. The minimum Gasteiger partial charge on any atom is -0.361 e. The van der Waals surface area contributed by atoms with Crippen LogP contribution in [0.4, 0.5) is 0 Å². The summed E-state index contributed by atoms with van der Waals surface area (Å²) in [6, 6.07) is 6.77. The van der Waals surface area contributed by atoms with Crippen molar-refractivity contribution in [3.05, 3.63) is 35.5 Å². The monoisotopic (exact) mass is 318 g/mol. The molecule has 1 fully saturated rings. The molecule has 3 rings (SSSR count). The van der Waals surface area contributed by atoms with E-state index in [4.69, 9.17) is 0 Å². The molecule has 0 radical (unpaired) electrons. The summed E-state index contributed by atoms with van der Waals surface area (Å²) >= 11 is 0. The lowest BCUT2D eigenvalue weighted by Gasteiger charge is -2.09. The van der Waals surface area contributed by atoms with Gasteiger partial charge < -0.3 is 10.3 Å². The molecule has 1 atom stereocenters. The molecular weight excluding hydrogens is 296 g/mol. The number of aromatic nitrogens is 1. The Morgan fingerprint density at radius 3 is 2.91 bits per heavy atom. The van der Waals surface area contributed by atoms with Crippen LogP contribution in [0.3, 0.4) is 0 Å². The minimum absolute atomic E-state index is 0.509. The summed E-state index contributed by atoms with van der Waals surface area (Å²) < 4.78 is 22.4. The Balaban J connectivity index is 1.89. The fourth-order valence-corrected chi connectivity index (χ4v) is 3.75. The van der Waals surface area contributed by atoms with Gasteiger partial charge in [0.1, 0.15) is 0 Å². The summed E-state index contributed by atoms with van der Waals surface area (Å²) in [7, 11) is -2.09. The van der Waals surface area contributed by atoms with E-state index >= 15 is 0 Å². The first-order chi connectivity index (χ1) is 10.7. The lowest BCUT2D eigenvalue weighted by Crippen LogP contribution is -2.23. The fourth-order valence-electron chi connectivity index (χ4n) is 3.23. The number of hydrogen-bond acceptors (Lipinski definition) is 3. The van der Waals surface area contributed by atoms with Gasteiger partial charge in [0.05, 0.1) is 4.86 Å². The summed E-state index contributed by atoms with van der Waals surface area (Å²) in [6.45, 7) is 3.00. The van der Waals surface area contributed by atoms with Crippen molar-refractivity contribution in [3.8, 4) is 0 Å². The van der Waals surface area contributed by atoms with Crippen LogP contribution in [0.1, 0.15) is 37.3 Å².